The highest BCUT2D eigenvalue weighted by Gasteiger charge is 2.28. The van der Waals surface area contributed by atoms with Gasteiger partial charge in [-0.3, -0.25) is 19.5 Å². The number of likely N-dealkylation sites (N-methyl/N-ethyl adjacent to an activating group) is 1. The number of rotatable bonds is 6. The topological polar surface area (TPSA) is 57.3 Å². The highest BCUT2D eigenvalue weighted by molar-refractivity contribution is 5.85. The normalized spacial score (nSPS) is 22.1. The number of hydrogen-bond acceptors (Lipinski definition) is 6. The van der Waals surface area contributed by atoms with Gasteiger partial charge in [0, 0.05) is 51.9 Å². The van der Waals surface area contributed by atoms with E-state index in [1.807, 2.05) is 13.0 Å². The summed E-state index contributed by atoms with van der Waals surface area (Å²) in [5, 5.41) is 2.91. The quantitative estimate of drug-likeness (QED) is 0.700. The number of nitrogens with one attached hydrogen (secondary N) is 1. The molecule has 2 fully saturated rings. The molecule has 9 heteroatoms. The first-order valence-corrected chi connectivity index (χ1v) is 10.6. The molecule has 1 N–H and O–H groups in total. The van der Waals surface area contributed by atoms with Crippen molar-refractivity contribution in [3.63, 3.8) is 0 Å². The third-order valence-electron chi connectivity index (χ3n) is 5.99. The third-order valence-corrected chi connectivity index (χ3v) is 5.99. The molecular formula is C21H34Cl2N4O3. The Morgan fingerprint density at radius 1 is 1.07 bits per heavy atom. The van der Waals surface area contributed by atoms with Crippen molar-refractivity contribution >= 4 is 30.7 Å². The van der Waals surface area contributed by atoms with Crippen molar-refractivity contribution in [3.8, 4) is 11.5 Å². The predicted molar refractivity (Wildman–Crippen MR) is 122 cm³/mol. The summed E-state index contributed by atoms with van der Waals surface area (Å²) in [6.07, 6.45) is 2.43. The van der Waals surface area contributed by atoms with Crippen LogP contribution in [0.2, 0.25) is 0 Å². The van der Waals surface area contributed by atoms with Gasteiger partial charge in [-0.2, -0.15) is 0 Å². The Morgan fingerprint density at radius 2 is 1.83 bits per heavy atom. The molecule has 0 saturated carbocycles. The Balaban J connectivity index is 0.00000160. The first kappa shape index (κ1) is 25.0. The van der Waals surface area contributed by atoms with E-state index in [1.165, 1.54) is 18.4 Å². The molecular weight excluding hydrogens is 427 g/mol. The fraction of sp³-hybridized carbons (Fsp3) is 0.667. The second kappa shape index (κ2) is 12.0. The number of ether oxygens (including phenoxy) is 2. The van der Waals surface area contributed by atoms with Crippen molar-refractivity contribution in [1.29, 1.82) is 0 Å². The molecule has 2 saturated heterocycles. The number of amides is 1. The van der Waals surface area contributed by atoms with Gasteiger partial charge in [0.25, 0.3) is 0 Å². The maximum Gasteiger partial charge on any atom is 0.234 e. The van der Waals surface area contributed by atoms with Crippen LogP contribution in [-0.4, -0.2) is 85.8 Å². The molecule has 1 amide bonds. The van der Waals surface area contributed by atoms with Gasteiger partial charge in [0.1, 0.15) is 0 Å². The molecule has 1 aromatic rings. The maximum absolute atomic E-state index is 11.9. The SMILES string of the molecule is CCNC(=O)CN1CCCC(N2CCN(Cc3ccc4c(c3)OCO4)CC2)C1.Cl.Cl. The molecule has 0 aliphatic carbocycles. The van der Waals surface area contributed by atoms with Gasteiger partial charge in [-0.15, -0.1) is 24.8 Å². The lowest BCUT2D eigenvalue weighted by molar-refractivity contribution is -0.122. The number of carbonyl (C=O) groups is 1. The zero-order valence-corrected chi connectivity index (χ0v) is 19.3. The molecule has 3 aliphatic rings. The van der Waals surface area contributed by atoms with E-state index in [2.05, 4.69) is 32.1 Å². The lowest BCUT2D eigenvalue weighted by Gasteiger charge is -2.43. The minimum Gasteiger partial charge on any atom is -0.454 e. The van der Waals surface area contributed by atoms with E-state index in [9.17, 15) is 4.79 Å². The Hall–Kier alpha value is -1.25. The van der Waals surface area contributed by atoms with Crippen molar-refractivity contribution in [2.45, 2.75) is 32.4 Å². The van der Waals surface area contributed by atoms with Crippen LogP contribution in [0, 0.1) is 0 Å². The monoisotopic (exact) mass is 460 g/mol. The van der Waals surface area contributed by atoms with Gasteiger partial charge in [0.15, 0.2) is 11.5 Å². The van der Waals surface area contributed by atoms with Gasteiger partial charge < -0.3 is 14.8 Å². The van der Waals surface area contributed by atoms with Crippen LogP contribution in [0.5, 0.6) is 11.5 Å². The van der Waals surface area contributed by atoms with E-state index >= 15 is 0 Å². The van der Waals surface area contributed by atoms with Crippen LogP contribution in [0.1, 0.15) is 25.3 Å². The van der Waals surface area contributed by atoms with Gasteiger partial charge in [0.2, 0.25) is 12.7 Å². The van der Waals surface area contributed by atoms with Gasteiger partial charge in [-0.1, -0.05) is 6.07 Å². The van der Waals surface area contributed by atoms with Crippen molar-refractivity contribution in [1.82, 2.24) is 20.0 Å². The molecule has 0 spiro atoms. The van der Waals surface area contributed by atoms with E-state index in [0.29, 0.717) is 25.9 Å². The van der Waals surface area contributed by atoms with Crippen LogP contribution >= 0.6 is 24.8 Å². The highest BCUT2D eigenvalue weighted by Crippen LogP contribution is 2.33. The maximum atomic E-state index is 11.9. The summed E-state index contributed by atoms with van der Waals surface area (Å²) in [4.78, 5) is 19.4. The van der Waals surface area contributed by atoms with Crippen molar-refractivity contribution in [3.05, 3.63) is 23.8 Å². The summed E-state index contributed by atoms with van der Waals surface area (Å²) in [6.45, 7) is 10.9. The molecule has 0 aromatic heterocycles. The Morgan fingerprint density at radius 3 is 2.60 bits per heavy atom. The summed E-state index contributed by atoms with van der Waals surface area (Å²) in [5.41, 5.74) is 1.28. The van der Waals surface area contributed by atoms with Crippen molar-refractivity contribution in [2.24, 2.45) is 0 Å². The zero-order valence-electron chi connectivity index (χ0n) is 17.7. The van der Waals surface area contributed by atoms with E-state index in [0.717, 1.165) is 57.3 Å². The van der Waals surface area contributed by atoms with Crippen LogP contribution in [0.4, 0.5) is 0 Å². The molecule has 0 radical (unpaired) electrons. The minimum absolute atomic E-state index is 0. The molecule has 0 bridgehead atoms. The number of benzene rings is 1. The van der Waals surface area contributed by atoms with Crippen molar-refractivity contribution in [2.75, 3.05) is 59.2 Å². The Kier molecular flexibility index (Phi) is 9.97. The van der Waals surface area contributed by atoms with Crippen LogP contribution in [-0.2, 0) is 11.3 Å². The largest absolute Gasteiger partial charge is 0.454 e. The van der Waals surface area contributed by atoms with E-state index < -0.39 is 0 Å². The molecule has 1 aromatic carbocycles. The molecule has 4 rings (SSSR count). The summed E-state index contributed by atoms with van der Waals surface area (Å²) < 4.78 is 10.9. The summed E-state index contributed by atoms with van der Waals surface area (Å²) in [5.74, 6) is 1.87. The molecule has 1 unspecified atom stereocenters. The molecule has 170 valence electrons. The Labute approximate surface area is 191 Å². The van der Waals surface area contributed by atoms with Crippen LogP contribution in [0.15, 0.2) is 18.2 Å². The number of piperidine rings is 1. The second-order valence-electron chi connectivity index (χ2n) is 7.98. The number of hydrogen-bond donors (Lipinski definition) is 1. The van der Waals surface area contributed by atoms with Gasteiger partial charge in [-0.25, -0.2) is 0 Å². The Bertz CT molecular complexity index is 686. The number of likely N-dealkylation sites (tertiary alicyclic amines) is 1. The lowest BCUT2D eigenvalue weighted by Crippen LogP contribution is -2.55. The zero-order chi connectivity index (χ0) is 19.3. The minimum atomic E-state index is 0. The van der Waals surface area contributed by atoms with Gasteiger partial charge >= 0.3 is 0 Å². The van der Waals surface area contributed by atoms with Crippen LogP contribution in [0.3, 0.4) is 0 Å². The average Bonchev–Trinajstić information content (AvgIpc) is 3.17. The molecule has 7 nitrogen and oxygen atoms in total. The second-order valence-corrected chi connectivity index (χ2v) is 7.98. The number of fused-ring (bicyclic) bond motifs is 1. The number of carbonyl (C=O) groups excluding carboxylic acids is 1. The number of nitrogens with zero attached hydrogens (tertiary/aromatic N) is 3. The van der Waals surface area contributed by atoms with Crippen LogP contribution < -0.4 is 14.8 Å². The molecule has 3 heterocycles. The molecule has 30 heavy (non-hydrogen) atoms. The van der Waals surface area contributed by atoms with Crippen LogP contribution in [0.25, 0.3) is 0 Å². The van der Waals surface area contributed by atoms with Gasteiger partial charge in [-0.05, 0) is 44.0 Å². The first-order chi connectivity index (χ1) is 13.7. The van der Waals surface area contributed by atoms with Crippen molar-refractivity contribution < 1.29 is 14.3 Å². The summed E-state index contributed by atoms with van der Waals surface area (Å²) >= 11 is 0. The standard InChI is InChI=1S/C21H32N4O3.2ClH/c1-2-22-21(26)15-24-7-3-4-18(14-24)25-10-8-23(9-11-25)13-17-5-6-19-20(12-17)28-16-27-19;;/h5-6,12,18H,2-4,7-11,13-16H2,1H3,(H,22,26);2*1H. The predicted octanol–water partition coefficient (Wildman–Crippen LogP) is 1.98. The van der Waals surface area contributed by atoms with E-state index in [1.54, 1.807) is 0 Å². The third kappa shape index (κ3) is 6.37. The summed E-state index contributed by atoms with van der Waals surface area (Å²) in [6, 6.07) is 6.84. The first-order valence-electron chi connectivity index (χ1n) is 10.6. The van der Waals surface area contributed by atoms with Gasteiger partial charge in [0.05, 0.1) is 6.54 Å². The molecule has 3 aliphatic heterocycles. The van der Waals surface area contributed by atoms with E-state index in [-0.39, 0.29) is 30.7 Å². The number of halogens is 2. The smallest absolute Gasteiger partial charge is 0.234 e. The average molecular weight is 461 g/mol. The number of piperazine rings is 1. The fourth-order valence-corrected chi connectivity index (χ4v) is 4.51. The molecule has 1 atom stereocenters. The van der Waals surface area contributed by atoms with E-state index in [4.69, 9.17) is 9.47 Å². The highest BCUT2D eigenvalue weighted by atomic mass is 35.5. The fourth-order valence-electron chi connectivity index (χ4n) is 4.51. The summed E-state index contributed by atoms with van der Waals surface area (Å²) in [7, 11) is 0. The lowest BCUT2D eigenvalue weighted by atomic mass is 10.0.